The molecule has 3 N–H and O–H groups in total. The average Bonchev–Trinajstić information content (AvgIpc) is 2.62. The van der Waals surface area contributed by atoms with Crippen molar-refractivity contribution in [3.05, 3.63) is 24.3 Å². The van der Waals surface area contributed by atoms with E-state index in [-0.39, 0.29) is 11.8 Å². The van der Waals surface area contributed by atoms with Crippen LogP contribution in [0, 0.1) is 5.92 Å². The van der Waals surface area contributed by atoms with Gasteiger partial charge in [-0.15, -0.1) is 0 Å². The van der Waals surface area contributed by atoms with Crippen molar-refractivity contribution >= 4 is 17.5 Å². The molecule has 6 nitrogen and oxygen atoms in total. The van der Waals surface area contributed by atoms with Crippen molar-refractivity contribution in [2.75, 3.05) is 32.1 Å². The third-order valence-electron chi connectivity index (χ3n) is 4.25. The first kappa shape index (κ1) is 18.3. The molecule has 0 aliphatic carbocycles. The zero-order valence-electron chi connectivity index (χ0n) is 14.3. The Hall–Kier alpha value is -2.08. The van der Waals surface area contributed by atoms with Gasteiger partial charge in [0.1, 0.15) is 5.75 Å². The Kier molecular flexibility index (Phi) is 7.55. The number of hydrogen-bond acceptors (Lipinski definition) is 4. The number of anilines is 1. The lowest BCUT2D eigenvalue weighted by Gasteiger charge is -2.22. The first-order valence-electron chi connectivity index (χ1n) is 8.61. The topological polar surface area (TPSA) is 79.5 Å². The Labute approximate surface area is 143 Å². The van der Waals surface area contributed by atoms with Crippen LogP contribution in [0.25, 0.3) is 0 Å². The highest BCUT2D eigenvalue weighted by atomic mass is 16.5. The molecule has 0 aromatic heterocycles. The fourth-order valence-electron chi connectivity index (χ4n) is 2.75. The van der Waals surface area contributed by atoms with Crippen molar-refractivity contribution < 1.29 is 14.3 Å². The summed E-state index contributed by atoms with van der Waals surface area (Å²) in [5.74, 6) is 1.36. The first-order chi connectivity index (χ1) is 11.7. The molecule has 6 heteroatoms. The second-order valence-electron chi connectivity index (χ2n) is 6.08. The van der Waals surface area contributed by atoms with Crippen LogP contribution in [-0.4, -0.2) is 38.6 Å². The highest BCUT2D eigenvalue weighted by Gasteiger charge is 2.14. The molecular weight excluding hydrogens is 306 g/mol. The highest BCUT2D eigenvalue weighted by Crippen LogP contribution is 2.19. The maximum atomic E-state index is 12.0. The number of rotatable bonds is 8. The van der Waals surface area contributed by atoms with Gasteiger partial charge in [-0.25, -0.2) is 0 Å². The van der Waals surface area contributed by atoms with Gasteiger partial charge < -0.3 is 20.7 Å². The van der Waals surface area contributed by atoms with Crippen molar-refractivity contribution in [3.63, 3.8) is 0 Å². The number of piperidine rings is 1. The van der Waals surface area contributed by atoms with Crippen molar-refractivity contribution in [2.24, 2.45) is 5.92 Å². The zero-order chi connectivity index (χ0) is 17.2. The molecule has 0 bridgehead atoms. The second-order valence-corrected chi connectivity index (χ2v) is 6.08. The molecule has 2 rings (SSSR count). The number of ether oxygens (including phenoxy) is 1. The minimum atomic E-state index is -0.0485. The highest BCUT2D eigenvalue weighted by molar-refractivity contribution is 5.90. The smallest absolute Gasteiger partial charge is 0.224 e. The molecule has 24 heavy (non-hydrogen) atoms. The SMILES string of the molecule is CNC(=O)CCOc1ccc(NC(=O)CCC2CCNCC2)cc1. The molecule has 2 amide bonds. The summed E-state index contributed by atoms with van der Waals surface area (Å²) in [5.41, 5.74) is 0.768. The van der Waals surface area contributed by atoms with Gasteiger partial charge in [0, 0.05) is 19.2 Å². The van der Waals surface area contributed by atoms with Gasteiger partial charge in [-0.3, -0.25) is 9.59 Å². The van der Waals surface area contributed by atoms with Crippen LogP contribution in [0.4, 0.5) is 5.69 Å². The Balaban J connectivity index is 1.68. The molecule has 0 spiro atoms. The summed E-state index contributed by atoms with van der Waals surface area (Å²) >= 11 is 0. The average molecular weight is 333 g/mol. The minimum absolute atomic E-state index is 0.0485. The maximum Gasteiger partial charge on any atom is 0.224 e. The molecule has 132 valence electrons. The fraction of sp³-hybridized carbons (Fsp3) is 0.556. The molecular formula is C18H27N3O3. The Bertz CT molecular complexity index is 525. The lowest BCUT2D eigenvalue weighted by atomic mass is 9.93. The number of nitrogens with one attached hydrogen (secondary N) is 3. The molecule has 0 saturated carbocycles. The molecule has 1 aromatic carbocycles. The van der Waals surface area contributed by atoms with Crippen LogP contribution in [0.3, 0.4) is 0 Å². The van der Waals surface area contributed by atoms with E-state index in [1.807, 2.05) is 12.1 Å². The largest absolute Gasteiger partial charge is 0.493 e. The monoisotopic (exact) mass is 333 g/mol. The normalized spacial score (nSPS) is 14.9. The van der Waals surface area contributed by atoms with E-state index in [0.717, 1.165) is 38.0 Å². The van der Waals surface area contributed by atoms with Gasteiger partial charge in [-0.2, -0.15) is 0 Å². The molecule has 0 atom stereocenters. The van der Waals surface area contributed by atoms with Crippen LogP contribution in [0.15, 0.2) is 24.3 Å². The van der Waals surface area contributed by atoms with E-state index in [1.165, 1.54) is 0 Å². The number of carbonyl (C=O) groups is 2. The van der Waals surface area contributed by atoms with Crippen LogP contribution in [0.2, 0.25) is 0 Å². The lowest BCUT2D eigenvalue weighted by Crippen LogP contribution is -2.28. The summed E-state index contributed by atoms with van der Waals surface area (Å²) in [6.45, 7) is 2.46. The van der Waals surface area contributed by atoms with Crippen molar-refractivity contribution in [1.82, 2.24) is 10.6 Å². The van der Waals surface area contributed by atoms with Gasteiger partial charge in [0.05, 0.1) is 13.0 Å². The second kappa shape index (κ2) is 9.93. The van der Waals surface area contributed by atoms with Crippen LogP contribution in [0.1, 0.15) is 32.1 Å². The van der Waals surface area contributed by atoms with Crippen molar-refractivity contribution in [3.8, 4) is 5.75 Å². The van der Waals surface area contributed by atoms with Crippen molar-refractivity contribution in [1.29, 1.82) is 0 Å². The summed E-state index contributed by atoms with van der Waals surface area (Å²) in [7, 11) is 1.60. The van der Waals surface area contributed by atoms with E-state index in [9.17, 15) is 9.59 Å². The molecule has 1 fully saturated rings. The first-order valence-corrected chi connectivity index (χ1v) is 8.61. The van der Waals surface area contributed by atoms with Crippen molar-refractivity contribution in [2.45, 2.75) is 32.1 Å². The van der Waals surface area contributed by atoms with Crippen LogP contribution in [0.5, 0.6) is 5.75 Å². The van der Waals surface area contributed by atoms with E-state index in [1.54, 1.807) is 19.2 Å². The number of amides is 2. The number of hydrogen-bond donors (Lipinski definition) is 3. The van der Waals surface area contributed by atoms with E-state index < -0.39 is 0 Å². The Morgan fingerprint density at radius 2 is 1.83 bits per heavy atom. The van der Waals surface area contributed by atoms with Gasteiger partial charge in [0.25, 0.3) is 0 Å². The summed E-state index contributed by atoms with van der Waals surface area (Å²) in [6, 6.07) is 7.23. The van der Waals surface area contributed by atoms with Gasteiger partial charge in [0.15, 0.2) is 0 Å². The van der Waals surface area contributed by atoms with Crippen LogP contribution in [-0.2, 0) is 9.59 Å². The summed E-state index contributed by atoms with van der Waals surface area (Å²) in [4.78, 5) is 23.1. The lowest BCUT2D eigenvalue weighted by molar-refractivity contribution is -0.121. The number of benzene rings is 1. The summed E-state index contributed by atoms with van der Waals surface area (Å²) in [5, 5.41) is 8.80. The predicted octanol–water partition coefficient (Wildman–Crippen LogP) is 1.92. The fourth-order valence-corrected chi connectivity index (χ4v) is 2.75. The molecule has 1 heterocycles. The molecule has 1 saturated heterocycles. The molecule has 1 aliphatic heterocycles. The van der Waals surface area contributed by atoms with E-state index in [2.05, 4.69) is 16.0 Å². The van der Waals surface area contributed by atoms with Gasteiger partial charge >= 0.3 is 0 Å². The van der Waals surface area contributed by atoms with E-state index in [4.69, 9.17) is 4.74 Å². The third kappa shape index (κ3) is 6.58. The Morgan fingerprint density at radius 3 is 2.50 bits per heavy atom. The summed E-state index contributed by atoms with van der Waals surface area (Å²) < 4.78 is 5.49. The number of carbonyl (C=O) groups excluding carboxylic acids is 2. The van der Waals surface area contributed by atoms with E-state index in [0.29, 0.717) is 31.1 Å². The molecule has 0 unspecified atom stereocenters. The molecule has 0 radical (unpaired) electrons. The maximum absolute atomic E-state index is 12.0. The van der Waals surface area contributed by atoms with Gasteiger partial charge in [0.2, 0.25) is 11.8 Å². The van der Waals surface area contributed by atoms with Crippen LogP contribution >= 0.6 is 0 Å². The van der Waals surface area contributed by atoms with Gasteiger partial charge in [-0.1, -0.05) is 0 Å². The minimum Gasteiger partial charge on any atom is -0.493 e. The summed E-state index contributed by atoms with van der Waals surface area (Å²) in [6.07, 6.45) is 4.17. The zero-order valence-corrected chi connectivity index (χ0v) is 14.3. The predicted molar refractivity (Wildman–Crippen MR) is 94.1 cm³/mol. The molecule has 1 aliphatic rings. The third-order valence-corrected chi connectivity index (χ3v) is 4.25. The van der Waals surface area contributed by atoms with E-state index >= 15 is 0 Å². The quantitative estimate of drug-likeness (QED) is 0.679. The van der Waals surface area contributed by atoms with Gasteiger partial charge in [-0.05, 0) is 62.5 Å². The Morgan fingerprint density at radius 1 is 1.12 bits per heavy atom. The van der Waals surface area contributed by atoms with Crippen LogP contribution < -0.4 is 20.7 Å². The standard InChI is InChI=1S/C18H27N3O3/c1-19-17(22)10-13-24-16-5-3-15(4-6-16)21-18(23)7-2-14-8-11-20-12-9-14/h3-6,14,20H,2,7-13H2,1H3,(H,19,22)(H,21,23). The molecule has 1 aromatic rings.